The molecule has 0 aromatic heterocycles. The second-order valence-electron chi connectivity index (χ2n) is 5.59. The van der Waals surface area contributed by atoms with Gasteiger partial charge in [-0.05, 0) is 30.2 Å². The maximum atomic E-state index is 12.5. The van der Waals surface area contributed by atoms with Crippen LogP contribution >= 0.6 is 23.2 Å². The van der Waals surface area contributed by atoms with E-state index in [1.807, 2.05) is 0 Å². The van der Waals surface area contributed by atoms with E-state index in [1.165, 1.54) is 11.1 Å². The quantitative estimate of drug-likeness (QED) is 0.598. The molecule has 0 radical (unpaired) electrons. The highest BCUT2D eigenvalue weighted by molar-refractivity contribution is 7.91. The van der Waals surface area contributed by atoms with Crippen molar-refractivity contribution in [2.75, 3.05) is 25.6 Å². The maximum absolute atomic E-state index is 12.5. The van der Waals surface area contributed by atoms with Crippen LogP contribution in [0.25, 0.3) is 6.08 Å². The Kier molecular flexibility index (Phi) is 5.73. The van der Waals surface area contributed by atoms with Crippen molar-refractivity contribution in [3.63, 3.8) is 0 Å². The molecule has 1 heterocycles. The third-order valence-corrected chi connectivity index (χ3v) is 6.06. The molecule has 0 bridgehead atoms. The fourth-order valence-corrected chi connectivity index (χ4v) is 4.53. The lowest BCUT2D eigenvalue weighted by Crippen LogP contribution is -2.48. The molecule has 1 aliphatic heterocycles. The molecule has 1 amide bonds. The van der Waals surface area contributed by atoms with Crippen molar-refractivity contribution in [2.45, 2.75) is 12.5 Å². The first-order chi connectivity index (χ1) is 10.7. The Labute approximate surface area is 146 Å². The van der Waals surface area contributed by atoms with Crippen molar-refractivity contribution >= 4 is 45.0 Å². The molecule has 1 aromatic rings. The lowest BCUT2D eigenvalue weighted by Gasteiger charge is -2.32. The summed E-state index contributed by atoms with van der Waals surface area (Å²) in [6, 6.07) is 4.73. The van der Waals surface area contributed by atoms with E-state index < -0.39 is 9.84 Å². The van der Waals surface area contributed by atoms with Gasteiger partial charge in [-0.1, -0.05) is 29.3 Å². The van der Waals surface area contributed by atoms with Crippen LogP contribution in [0.4, 0.5) is 0 Å². The zero-order valence-electron chi connectivity index (χ0n) is 12.9. The molecular weight excluding hydrogens is 359 g/mol. The summed E-state index contributed by atoms with van der Waals surface area (Å²) in [7, 11) is 0.374. The van der Waals surface area contributed by atoms with Crippen molar-refractivity contribution in [1.82, 2.24) is 10.0 Å². The third kappa shape index (κ3) is 4.70. The SMILES string of the molecule is CN(C)N(C(=O)/C=C/c1ccc(Cl)c(Cl)c1)C1CCS(=O)(=O)C1. The summed E-state index contributed by atoms with van der Waals surface area (Å²) in [5.41, 5.74) is 0.741. The van der Waals surface area contributed by atoms with E-state index in [9.17, 15) is 13.2 Å². The molecule has 2 rings (SSSR count). The number of halogens is 2. The Morgan fingerprint density at radius 2 is 1.96 bits per heavy atom. The predicted molar refractivity (Wildman–Crippen MR) is 93.1 cm³/mol. The summed E-state index contributed by atoms with van der Waals surface area (Å²) in [4.78, 5) is 12.5. The van der Waals surface area contributed by atoms with Gasteiger partial charge in [0.15, 0.2) is 9.84 Å². The first-order valence-corrected chi connectivity index (χ1v) is 9.61. The first-order valence-electron chi connectivity index (χ1n) is 7.03. The van der Waals surface area contributed by atoms with Crippen LogP contribution in [0.3, 0.4) is 0 Å². The molecular formula is C15H18Cl2N2O3S. The van der Waals surface area contributed by atoms with Gasteiger partial charge in [0.25, 0.3) is 5.91 Å². The number of hydrazine groups is 1. The number of hydrogen-bond donors (Lipinski definition) is 0. The van der Waals surface area contributed by atoms with Gasteiger partial charge in [-0.2, -0.15) is 0 Å². The molecule has 0 N–H and O–H groups in total. The second kappa shape index (κ2) is 7.21. The largest absolute Gasteiger partial charge is 0.268 e. The zero-order chi connectivity index (χ0) is 17.2. The minimum Gasteiger partial charge on any atom is -0.268 e. The first kappa shape index (κ1) is 18.3. The summed E-state index contributed by atoms with van der Waals surface area (Å²) < 4.78 is 23.3. The van der Waals surface area contributed by atoms with Gasteiger partial charge >= 0.3 is 0 Å². The van der Waals surface area contributed by atoms with Crippen LogP contribution in [0.1, 0.15) is 12.0 Å². The normalized spacial score (nSPS) is 20.3. The minimum atomic E-state index is -3.06. The zero-order valence-corrected chi connectivity index (χ0v) is 15.2. The summed E-state index contributed by atoms with van der Waals surface area (Å²) >= 11 is 11.8. The minimum absolute atomic E-state index is 0.00245. The number of hydrogen-bond acceptors (Lipinski definition) is 4. The number of carbonyl (C=O) groups excluding carboxylic acids is 1. The standard InChI is InChI=1S/C15H18Cl2N2O3S/c1-18(2)19(12-7-8-23(21,22)10-12)15(20)6-4-11-3-5-13(16)14(17)9-11/h3-6,9,12H,7-8,10H2,1-2H3/b6-4+. The topological polar surface area (TPSA) is 57.7 Å². The number of nitrogens with zero attached hydrogens (tertiary/aromatic N) is 2. The number of rotatable bonds is 4. The van der Waals surface area contributed by atoms with E-state index >= 15 is 0 Å². The smallest absolute Gasteiger partial charge is 0.261 e. The van der Waals surface area contributed by atoms with Gasteiger partial charge in [0, 0.05) is 20.2 Å². The van der Waals surface area contributed by atoms with E-state index in [-0.39, 0.29) is 23.5 Å². The van der Waals surface area contributed by atoms with Gasteiger partial charge in [0.05, 0.1) is 27.6 Å². The molecule has 0 aliphatic carbocycles. The number of sulfone groups is 1. The highest BCUT2D eigenvalue weighted by Gasteiger charge is 2.35. The highest BCUT2D eigenvalue weighted by atomic mass is 35.5. The van der Waals surface area contributed by atoms with Gasteiger partial charge < -0.3 is 0 Å². The van der Waals surface area contributed by atoms with Gasteiger partial charge in [0.1, 0.15) is 0 Å². The Bertz CT molecular complexity index is 732. The molecule has 1 unspecified atom stereocenters. The van der Waals surface area contributed by atoms with Crippen molar-refractivity contribution < 1.29 is 13.2 Å². The number of benzene rings is 1. The molecule has 1 atom stereocenters. The third-order valence-electron chi connectivity index (χ3n) is 3.57. The highest BCUT2D eigenvalue weighted by Crippen LogP contribution is 2.23. The van der Waals surface area contributed by atoms with E-state index in [1.54, 1.807) is 43.4 Å². The molecule has 0 spiro atoms. The van der Waals surface area contributed by atoms with E-state index in [2.05, 4.69) is 0 Å². The molecule has 5 nitrogen and oxygen atoms in total. The summed E-state index contributed by atoms with van der Waals surface area (Å²) in [5, 5.41) is 3.94. The summed E-state index contributed by atoms with van der Waals surface area (Å²) in [6.45, 7) is 0. The number of carbonyl (C=O) groups is 1. The maximum Gasteiger partial charge on any atom is 0.261 e. The van der Waals surface area contributed by atoms with Gasteiger partial charge in [-0.15, -0.1) is 0 Å². The average Bonchev–Trinajstić information content (AvgIpc) is 2.80. The van der Waals surface area contributed by atoms with Crippen LogP contribution in [0.5, 0.6) is 0 Å². The Morgan fingerprint density at radius 3 is 2.48 bits per heavy atom. The Hall–Kier alpha value is -1.08. The van der Waals surface area contributed by atoms with Crippen LogP contribution in [-0.4, -0.2) is 56.0 Å². The molecule has 1 fully saturated rings. The fraction of sp³-hybridized carbons (Fsp3) is 0.400. The van der Waals surface area contributed by atoms with E-state index in [0.29, 0.717) is 16.5 Å². The molecule has 1 saturated heterocycles. The van der Waals surface area contributed by atoms with Gasteiger partial charge in [-0.3, -0.25) is 9.80 Å². The molecule has 1 aromatic carbocycles. The van der Waals surface area contributed by atoms with E-state index in [0.717, 1.165) is 5.56 Å². The van der Waals surface area contributed by atoms with Crippen molar-refractivity contribution in [1.29, 1.82) is 0 Å². The number of amides is 1. The Balaban J connectivity index is 2.15. The lowest BCUT2D eigenvalue weighted by molar-refractivity contribution is -0.143. The summed E-state index contributed by atoms with van der Waals surface area (Å²) in [6.07, 6.45) is 3.49. The second-order valence-corrected chi connectivity index (χ2v) is 8.64. The van der Waals surface area contributed by atoms with Crippen molar-refractivity contribution in [3.8, 4) is 0 Å². The molecule has 1 aliphatic rings. The van der Waals surface area contributed by atoms with Crippen LogP contribution in [0.2, 0.25) is 10.0 Å². The van der Waals surface area contributed by atoms with Crippen molar-refractivity contribution in [3.05, 3.63) is 39.9 Å². The fourth-order valence-electron chi connectivity index (χ4n) is 2.53. The monoisotopic (exact) mass is 376 g/mol. The molecule has 8 heteroatoms. The van der Waals surface area contributed by atoms with Crippen LogP contribution in [-0.2, 0) is 14.6 Å². The van der Waals surface area contributed by atoms with Crippen LogP contribution in [0.15, 0.2) is 24.3 Å². The van der Waals surface area contributed by atoms with Crippen LogP contribution < -0.4 is 0 Å². The molecule has 126 valence electrons. The summed E-state index contributed by atoms with van der Waals surface area (Å²) in [5.74, 6) is -0.160. The van der Waals surface area contributed by atoms with Gasteiger partial charge in [0.2, 0.25) is 0 Å². The molecule has 23 heavy (non-hydrogen) atoms. The average molecular weight is 377 g/mol. The Morgan fingerprint density at radius 1 is 1.26 bits per heavy atom. The van der Waals surface area contributed by atoms with Gasteiger partial charge in [-0.25, -0.2) is 13.4 Å². The molecule has 0 saturated carbocycles. The van der Waals surface area contributed by atoms with Crippen molar-refractivity contribution in [2.24, 2.45) is 0 Å². The van der Waals surface area contributed by atoms with E-state index in [4.69, 9.17) is 23.2 Å². The van der Waals surface area contributed by atoms with Crippen LogP contribution in [0, 0.1) is 0 Å². The predicted octanol–water partition coefficient (Wildman–Crippen LogP) is 2.50. The lowest BCUT2D eigenvalue weighted by atomic mass is 10.2.